The van der Waals surface area contributed by atoms with Crippen molar-refractivity contribution in [3.05, 3.63) is 23.2 Å². The molecule has 0 aliphatic carbocycles. The zero-order valence-corrected chi connectivity index (χ0v) is 11.0. The van der Waals surface area contributed by atoms with Gasteiger partial charge in [-0.25, -0.2) is 9.52 Å². The molecule has 7 nitrogen and oxygen atoms in total. The van der Waals surface area contributed by atoms with E-state index < -0.39 is 16.3 Å². The first kappa shape index (κ1) is 14.4. The molecule has 0 aromatic heterocycles. The molecule has 1 rings (SSSR count). The molecule has 0 aliphatic heterocycles. The van der Waals surface area contributed by atoms with Gasteiger partial charge in [-0.3, -0.25) is 4.72 Å². The fourth-order valence-electron chi connectivity index (χ4n) is 1.04. The molecule has 1 aromatic rings. The average molecular weight is 294 g/mol. The molecular formula is C9H12ClN3O4S. The van der Waals surface area contributed by atoms with E-state index in [0.29, 0.717) is 5.69 Å². The molecule has 0 unspecified atom stereocenters. The number of halogens is 1. The summed E-state index contributed by atoms with van der Waals surface area (Å²) >= 11 is 5.73. The number of carbonyl (C=O) groups is 1. The van der Waals surface area contributed by atoms with Gasteiger partial charge in [0.05, 0.1) is 23.0 Å². The van der Waals surface area contributed by atoms with E-state index in [1.54, 1.807) is 11.6 Å². The van der Waals surface area contributed by atoms with Crippen LogP contribution in [-0.2, 0) is 14.9 Å². The quantitative estimate of drug-likeness (QED) is 0.725. The lowest BCUT2D eigenvalue weighted by atomic mass is 10.3. The summed E-state index contributed by atoms with van der Waals surface area (Å²) in [7, 11) is -4.06. The average Bonchev–Trinajstić information content (AvgIpc) is 2.22. The Hall–Kier alpha value is -1.67. The summed E-state index contributed by atoms with van der Waals surface area (Å²) in [5, 5.41) is 0.200. The molecule has 0 atom stereocenters. The summed E-state index contributed by atoms with van der Waals surface area (Å²) in [4.78, 5) is 11.0. The number of ether oxygens (including phenoxy) is 1. The number of hydrogen-bond acceptors (Lipinski definition) is 5. The van der Waals surface area contributed by atoms with Gasteiger partial charge in [0.15, 0.2) is 0 Å². The minimum atomic E-state index is -4.06. The number of amides is 1. The number of hydrogen-bond donors (Lipinski definition) is 3. The normalized spacial score (nSPS) is 10.8. The Balaban J connectivity index is 2.76. The lowest BCUT2D eigenvalue weighted by Crippen LogP contribution is -2.35. The maximum atomic E-state index is 11.5. The minimum Gasteiger partial charge on any atom is -0.449 e. The number of nitrogens with two attached hydrogens (primary N) is 1. The summed E-state index contributed by atoms with van der Waals surface area (Å²) in [6, 6.07) is 4.16. The van der Waals surface area contributed by atoms with Gasteiger partial charge in [-0.2, -0.15) is 8.42 Å². The fourth-order valence-corrected chi connectivity index (χ4v) is 1.99. The Labute approximate surface area is 109 Å². The van der Waals surface area contributed by atoms with Crippen LogP contribution in [0.25, 0.3) is 0 Å². The van der Waals surface area contributed by atoms with E-state index in [2.05, 4.69) is 9.46 Å². The molecule has 0 radical (unpaired) electrons. The first-order valence-electron chi connectivity index (χ1n) is 4.86. The number of benzene rings is 1. The van der Waals surface area contributed by atoms with Gasteiger partial charge in [0, 0.05) is 0 Å². The highest BCUT2D eigenvalue weighted by molar-refractivity contribution is 7.91. The van der Waals surface area contributed by atoms with Crippen molar-refractivity contribution >= 4 is 39.3 Å². The van der Waals surface area contributed by atoms with Gasteiger partial charge in [-0.1, -0.05) is 11.6 Å². The van der Waals surface area contributed by atoms with E-state index in [0.717, 1.165) is 0 Å². The smallest absolute Gasteiger partial charge is 0.422 e. The zero-order chi connectivity index (χ0) is 13.8. The van der Waals surface area contributed by atoms with Crippen molar-refractivity contribution in [2.45, 2.75) is 6.92 Å². The Morgan fingerprint density at radius 1 is 1.50 bits per heavy atom. The maximum absolute atomic E-state index is 11.5. The second kappa shape index (κ2) is 5.78. The third-order valence-electron chi connectivity index (χ3n) is 1.75. The van der Waals surface area contributed by atoms with Gasteiger partial charge in [0.2, 0.25) is 0 Å². The Morgan fingerprint density at radius 3 is 2.72 bits per heavy atom. The van der Waals surface area contributed by atoms with Gasteiger partial charge < -0.3 is 10.5 Å². The van der Waals surface area contributed by atoms with Crippen molar-refractivity contribution in [2.75, 3.05) is 17.1 Å². The van der Waals surface area contributed by atoms with Crippen molar-refractivity contribution in [2.24, 2.45) is 0 Å². The molecule has 0 heterocycles. The third-order valence-corrected chi connectivity index (χ3v) is 3.01. The summed E-state index contributed by atoms with van der Waals surface area (Å²) < 4.78 is 31.2. The molecule has 18 heavy (non-hydrogen) atoms. The Kier molecular flexibility index (Phi) is 4.62. The fraction of sp³-hybridized carbons (Fsp3) is 0.222. The van der Waals surface area contributed by atoms with Gasteiger partial charge in [0.1, 0.15) is 0 Å². The molecule has 0 spiro atoms. The van der Waals surface area contributed by atoms with Crippen molar-refractivity contribution in [3.63, 3.8) is 0 Å². The Morgan fingerprint density at radius 2 is 2.17 bits per heavy atom. The summed E-state index contributed by atoms with van der Waals surface area (Å²) in [6.45, 7) is 1.62. The van der Waals surface area contributed by atoms with Crippen LogP contribution in [0.1, 0.15) is 6.92 Å². The van der Waals surface area contributed by atoms with E-state index in [-0.39, 0.29) is 17.3 Å². The van der Waals surface area contributed by atoms with Crippen LogP contribution in [0.3, 0.4) is 0 Å². The van der Waals surface area contributed by atoms with Gasteiger partial charge in [-0.15, -0.1) is 0 Å². The van der Waals surface area contributed by atoms with E-state index in [9.17, 15) is 13.2 Å². The molecule has 0 fully saturated rings. The number of nitrogens with one attached hydrogen (secondary N) is 2. The summed E-state index contributed by atoms with van der Waals surface area (Å²) in [5.74, 6) is 0. The van der Waals surface area contributed by atoms with E-state index in [4.69, 9.17) is 17.3 Å². The molecule has 1 aromatic carbocycles. The van der Waals surface area contributed by atoms with Crippen LogP contribution in [0.15, 0.2) is 18.2 Å². The second-order valence-corrected chi connectivity index (χ2v) is 4.99. The zero-order valence-electron chi connectivity index (χ0n) is 9.44. The van der Waals surface area contributed by atoms with Gasteiger partial charge in [0.25, 0.3) is 0 Å². The van der Waals surface area contributed by atoms with Crippen LogP contribution in [-0.4, -0.2) is 21.1 Å². The van der Waals surface area contributed by atoms with Crippen LogP contribution in [0.5, 0.6) is 0 Å². The highest BCUT2D eigenvalue weighted by Crippen LogP contribution is 2.22. The third kappa shape index (κ3) is 4.30. The SMILES string of the molecule is CCOC(=O)NS(=O)(=O)Nc1ccc(N)c(Cl)c1. The van der Waals surface area contributed by atoms with Crippen molar-refractivity contribution < 1.29 is 17.9 Å². The first-order chi connectivity index (χ1) is 8.34. The van der Waals surface area contributed by atoms with Crippen LogP contribution in [0, 0.1) is 0 Å². The van der Waals surface area contributed by atoms with Gasteiger partial charge in [-0.05, 0) is 25.1 Å². The number of nitrogen functional groups attached to an aromatic ring is 1. The molecule has 0 bridgehead atoms. The van der Waals surface area contributed by atoms with Crippen LogP contribution in [0.4, 0.5) is 16.2 Å². The highest BCUT2D eigenvalue weighted by Gasteiger charge is 2.15. The molecule has 1 amide bonds. The first-order valence-corrected chi connectivity index (χ1v) is 6.72. The molecule has 0 saturated heterocycles. The topological polar surface area (TPSA) is 111 Å². The van der Waals surface area contributed by atoms with Crippen LogP contribution in [0.2, 0.25) is 5.02 Å². The van der Waals surface area contributed by atoms with Crippen LogP contribution >= 0.6 is 11.6 Å². The lowest BCUT2D eigenvalue weighted by molar-refractivity contribution is 0.159. The van der Waals surface area contributed by atoms with E-state index in [1.165, 1.54) is 18.2 Å². The van der Waals surface area contributed by atoms with Crippen molar-refractivity contribution in [1.29, 1.82) is 0 Å². The molecule has 9 heteroatoms. The standard InChI is InChI=1S/C9H12ClN3O4S/c1-2-17-9(14)13-18(15,16)12-6-3-4-8(11)7(10)5-6/h3-5,12H,2,11H2,1H3,(H,13,14). The monoisotopic (exact) mass is 293 g/mol. The summed E-state index contributed by atoms with van der Waals surface area (Å²) in [6.07, 6.45) is -1.06. The molecule has 100 valence electrons. The minimum absolute atomic E-state index is 0.0645. The summed E-state index contributed by atoms with van der Waals surface area (Å²) in [5.41, 5.74) is 5.96. The largest absolute Gasteiger partial charge is 0.449 e. The number of anilines is 2. The van der Waals surface area contributed by atoms with Crippen molar-refractivity contribution in [3.8, 4) is 0 Å². The lowest BCUT2D eigenvalue weighted by Gasteiger charge is -2.09. The Bertz CT molecular complexity index is 547. The maximum Gasteiger partial charge on any atom is 0.422 e. The molecule has 0 aliphatic rings. The van der Waals surface area contributed by atoms with E-state index in [1.807, 2.05) is 0 Å². The predicted molar refractivity (Wildman–Crippen MR) is 68.6 cm³/mol. The second-order valence-electron chi connectivity index (χ2n) is 3.16. The van der Waals surface area contributed by atoms with E-state index >= 15 is 0 Å². The predicted octanol–water partition coefficient (Wildman–Crippen LogP) is 1.32. The van der Waals surface area contributed by atoms with Crippen LogP contribution < -0.4 is 15.2 Å². The number of carbonyl (C=O) groups excluding carboxylic acids is 1. The highest BCUT2D eigenvalue weighted by atomic mass is 35.5. The molecular weight excluding hydrogens is 282 g/mol. The van der Waals surface area contributed by atoms with Gasteiger partial charge >= 0.3 is 16.3 Å². The molecule has 4 N–H and O–H groups in total. The van der Waals surface area contributed by atoms with Crippen molar-refractivity contribution in [1.82, 2.24) is 4.72 Å². The molecule has 0 saturated carbocycles. The number of rotatable bonds is 4.